The summed E-state index contributed by atoms with van der Waals surface area (Å²) in [7, 11) is 1.62. The van der Waals surface area contributed by atoms with E-state index < -0.39 is 12.1 Å². The molecule has 5 rings (SSSR count). The molecule has 0 radical (unpaired) electrons. The van der Waals surface area contributed by atoms with Gasteiger partial charge in [0.05, 0.1) is 24.9 Å². The van der Waals surface area contributed by atoms with Crippen LogP contribution >= 0.6 is 0 Å². The number of carboxylic acid groups (broad SMARTS) is 1. The minimum Gasteiger partial charge on any atom is -0.497 e. The summed E-state index contributed by atoms with van der Waals surface area (Å²) in [5.74, 6) is -0.887. The molecule has 0 fully saturated rings. The quantitative estimate of drug-likeness (QED) is 0.334. The number of carbonyl (C=O) groups is 2. The van der Waals surface area contributed by atoms with Crippen LogP contribution in [-0.2, 0) is 16.0 Å². The summed E-state index contributed by atoms with van der Waals surface area (Å²) in [6, 6.07) is 11.3. The monoisotopic (exact) mass is 545 g/mol. The molecule has 3 N–H and O–H groups in total. The van der Waals surface area contributed by atoms with Crippen molar-refractivity contribution in [1.82, 2.24) is 20.3 Å². The Labute approximate surface area is 218 Å². The number of hydrogen-bond donors (Lipinski definition) is 3. The van der Waals surface area contributed by atoms with Crippen molar-refractivity contribution < 1.29 is 41.9 Å². The number of carboxylic acids is 1. The average Bonchev–Trinajstić information content (AvgIpc) is 3.60. The number of aryl methyl sites for hydroxylation is 1. The molecule has 2 aromatic carbocycles. The highest BCUT2D eigenvalue weighted by molar-refractivity contribution is 5.97. The van der Waals surface area contributed by atoms with Crippen LogP contribution in [0.15, 0.2) is 53.3 Å². The van der Waals surface area contributed by atoms with Crippen LogP contribution < -0.4 is 14.8 Å². The highest BCUT2D eigenvalue weighted by atomic mass is 19.4. The maximum atomic E-state index is 13.1. The summed E-state index contributed by atoms with van der Waals surface area (Å²) in [6.45, 7) is 2.02. The second-order valence-electron chi connectivity index (χ2n) is 8.36. The summed E-state index contributed by atoms with van der Waals surface area (Å²) >= 11 is 0. The van der Waals surface area contributed by atoms with Gasteiger partial charge in [-0.1, -0.05) is 11.2 Å². The molecule has 0 spiro atoms. The molecule has 1 aliphatic heterocycles. The van der Waals surface area contributed by atoms with E-state index in [4.69, 9.17) is 23.9 Å². The normalized spacial score (nSPS) is 14.3. The van der Waals surface area contributed by atoms with Crippen molar-refractivity contribution in [3.8, 4) is 34.0 Å². The van der Waals surface area contributed by atoms with Crippen molar-refractivity contribution in [2.24, 2.45) is 5.92 Å². The lowest BCUT2D eigenvalue weighted by Gasteiger charge is -2.25. The molecular weight excluding hydrogens is 523 g/mol. The van der Waals surface area contributed by atoms with Crippen LogP contribution in [0.4, 0.5) is 18.9 Å². The molecule has 11 nitrogen and oxygen atoms in total. The fourth-order valence-corrected chi connectivity index (χ4v) is 3.74. The zero-order valence-corrected chi connectivity index (χ0v) is 20.6. The van der Waals surface area contributed by atoms with Gasteiger partial charge >= 0.3 is 12.1 Å². The number of aromatic amines is 1. The number of benzene rings is 2. The Kier molecular flexibility index (Phi) is 7.83. The number of nitrogens with zero attached hydrogens (tertiary/aromatic N) is 3. The van der Waals surface area contributed by atoms with E-state index in [1.807, 2.05) is 36.4 Å². The van der Waals surface area contributed by atoms with Gasteiger partial charge < -0.3 is 24.4 Å². The summed E-state index contributed by atoms with van der Waals surface area (Å²) < 4.78 is 48.0. The Morgan fingerprint density at radius 2 is 1.95 bits per heavy atom. The van der Waals surface area contributed by atoms with Crippen molar-refractivity contribution >= 4 is 17.6 Å². The van der Waals surface area contributed by atoms with Gasteiger partial charge in [0, 0.05) is 24.2 Å². The van der Waals surface area contributed by atoms with Crippen LogP contribution in [0.3, 0.4) is 0 Å². The van der Waals surface area contributed by atoms with E-state index in [0.717, 1.165) is 28.2 Å². The zero-order chi connectivity index (χ0) is 28.2. The number of amides is 1. The van der Waals surface area contributed by atoms with Gasteiger partial charge in [0.15, 0.2) is 0 Å². The SMILES string of the molecule is COc1ccc2c(c1)CC(C(=O)Nc1ccc(-c3cn[nH]c3)cc1-c1noc(C)n1)CO2.O=C(O)C(F)(F)F. The van der Waals surface area contributed by atoms with Crippen molar-refractivity contribution in [2.75, 3.05) is 19.0 Å². The minimum atomic E-state index is -5.08. The third-order valence-corrected chi connectivity index (χ3v) is 5.66. The highest BCUT2D eigenvalue weighted by Crippen LogP contribution is 2.34. The zero-order valence-electron chi connectivity index (χ0n) is 20.6. The van der Waals surface area contributed by atoms with Crippen molar-refractivity contribution in [2.45, 2.75) is 19.5 Å². The van der Waals surface area contributed by atoms with Crippen LogP contribution in [0, 0.1) is 12.8 Å². The number of rotatable bonds is 5. The first-order chi connectivity index (χ1) is 18.5. The Morgan fingerprint density at radius 3 is 2.56 bits per heavy atom. The Balaban J connectivity index is 0.000000448. The van der Waals surface area contributed by atoms with Gasteiger partial charge in [-0.15, -0.1) is 0 Å². The molecule has 39 heavy (non-hydrogen) atoms. The van der Waals surface area contributed by atoms with Crippen molar-refractivity contribution in [3.63, 3.8) is 0 Å². The molecule has 1 atom stereocenters. The topological polar surface area (TPSA) is 152 Å². The third kappa shape index (κ3) is 6.52. The van der Waals surface area contributed by atoms with Crippen molar-refractivity contribution in [3.05, 3.63) is 60.2 Å². The van der Waals surface area contributed by atoms with E-state index >= 15 is 0 Å². The number of H-pyrrole nitrogens is 1. The third-order valence-electron chi connectivity index (χ3n) is 5.66. The fourth-order valence-electron chi connectivity index (χ4n) is 3.74. The van der Waals surface area contributed by atoms with Gasteiger partial charge in [0.25, 0.3) is 0 Å². The van der Waals surface area contributed by atoms with Crippen LogP contribution in [0.1, 0.15) is 11.5 Å². The average molecular weight is 545 g/mol. The van der Waals surface area contributed by atoms with Crippen LogP contribution in [0.2, 0.25) is 0 Å². The predicted molar refractivity (Wildman–Crippen MR) is 130 cm³/mol. The number of fused-ring (bicyclic) bond motifs is 1. The number of alkyl halides is 3. The van der Waals surface area contributed by atoms with E-state index in [0.29, 0.717) is 36.0 Å². The van der Waals surface area contributed by atoms with Gasteiger partial charge in [-0.25, -0.2) is 4.79 Å². The second kappa shape index (κ2) is 11.2. The van der Waals surface area contributed by atoms with E-state index in [-0.39, 0.29) is 11.8 Å². The number of aromatic nitrogens is 4. The smallest absolute Gasteiger partial charge is 0.490 e. The molecule has 1 unspecified atom stereocenters. The number of aliphatic carboxylic acids is 1. The van der Waals surface area contributed by atoms with Crippen LogP contribution in [-0.4, -0.2) is 57.2 Å². The first kappa shape index (κ1) is 27.2. The van der Waals surface area contributed by atoms with E-state index in [1.54, 1.807) is 26.4 Å². The summed E-state index contributed by atoms with van der Waals surface area (Å²) in [4.78, 5) is 26.4. The Hall–Kier alpha value is -4.88. The molecule has 0 aliphatic carbocycles. The molecule has 4 aromatic rings. The maximum absolute atomic E-state index is 13.1. The molecule has 3 heterocycles. The van der Waals surface area contributed by atoms with E-state index in [1.165, 1.54) is 0 Å². The van der Waals surface area contributed by atoms with E-state index in [2.05, 4.69) is 25.7 Å². The standard InChI is InChI=1S/C23H21N5O4.C2HF3O2/c1-13-26-22(28-32-13)19-9-14(17-10-24-25-11-17)3-5-20(19)27-23(29)16-7-15-8-18(30-2)4-6-21(15)31-12-16;3-2(4,5)1(6)7/h3-6,8-11,16H,7,12H2,1-2H3,(H,24,25)(H,27,29);(H,6,7). The molecular formula is C25H22F3N5O6. The van der Waals surface area contributed by atoms with Gasteiger partial charge in [-0.2, -0.15) is 23.3 Å². The number of halogens is 3. The summed E-state index contributed by atoms with van der Waals surface area (Å²) in [6.07, 6.45) is -1.00. The molecule has 204 valence electrons. The second-order valence-corrected chi connectivity index (χ2v) is 8.36. The predicted octanol–water partition coefficient (Wildman–Crippen LogP) is 4.27. The van der Waals surface area contributed by atoms with Crippen LogP contribution in [0.5, 0.6) is 11.5 Å². The number of anilines is 1. The maximum Gasteiger partial charge on any atom is 0.490 e. The molecule has 0 saturated heterocycles. The van der Waals surface area contributed by atoms with Gasteiger partial charge in [-0.3, -0.25) is 9.89 Å². The number of carbonyl (C=O) groups excluding carboxylic acids is 1. The fraction of sp³-hybridized carbons (Fsp3) is 0.240. The lowest BCUT2D eigenvalue weighted by molar-refractivity contribution is -0.192. The van der Waals surface area contributed by atoms with Crippen molar-refractivity contribution in [1.29, 1.82) is 0 Å². The largest absolute Gasteiger partial charge is 0.497 e. The minimum absolute atomic E-state index is 0.143. The molecule has 2 aromatic heterocycles. The Bertz CT molecular complexity index is 1470. The summed E-state index contributed by atoms with van der Waals surface area (Å²) in [5, 5.41) is 21.0. The lowest BCUT2D eigenvalue weighted by Crippen LogP contribution is -2.32. The molecule has 0 saturated carbocycles. The lowest BCUT2D eigenvalue weighted by atomic mass is 9.95. The number of ether oxygens (including phenoxy) is 2. The number of hydrogen-bond acceptors (Lipinski definition) is 8. The van der Waals surface area contributed by atoms with Gasteiger partial charge in [0.2, 0.25) is 17.6 Å². The van der Waals surface area contributed by atoms with Crippen LogP contribution in [0.25, 0.3) is 22.5 Å². The number of methoxy groups -OCH3 is 1. The van der Waals surface area contributed by atoms with Gasteiger partial charge in [0.1, 0.15) is 18.1 Å². The number of nitrogens with one attached hydrogen (secondary N) is 2. The molecule has 1 amide bonds. The first-order valence-corrected chi connectivity index (χ1v) is 11.4. The highest BCUT2D eigenvalue weighted by Gasteiger charge is 2.38. The Morgan fingerprint density at radius 1 is 1.18 bits per heavy atom. The van der Waals surface area contributed by atoms with Gasteiger partial charge in [-0.05, 0) is 47.9 Å². The summed E-state index contributed by atoms with van der Waals surface area (Å²) in [5.41, 5.74) is 4.03. The molecule has 0 bridgehead atoms. The molecule has 1 aliphatic rings. The first-order valence-electron chi connectivity index (χ1n) is 11.4. The van der Waals surface area contributed by atoms with E-state index in [9.17, 15) is 18.0 Å². The molecule has 14 heteroatoms.